The second-order valence-corrected chi connectivity index (χ2v) is 6.01. The summed E-state index contributed by atoms with van der Waals surface area (Å²) >= 11 is 0. The van der Waals surface area contributed by atoms with Gasteiger partial charge < -0.3 is 13.9 Å². The maximum absolute atomic E-state index is 11.9. The highest BCUT2D eigenvalue weighted by atomic mass is 16.4. The van der Waals surface area contributed by atoms with Crippen molar-refractivity contribution in [2.45, 2.75) is 12.6 Å². The molecule has 2 aromatic carbocycles. The first-order chi connectivity index (χ1) is 12.7. The summed E-state index contributed by atoms with van der Waals surface area (Å²) in [6.45, 7) is 0.438. The van der Waals surface area contributed by atoms with Crippen LogP contribution in [0.15, 0.2) is 86.6 Å². The molecule has 0 aliphatic rings. The number of hydrogen-bond donors (Lipinski definition) is 2. The molecule has 0 fully saturated rings. The van der Waals surface area contributed by atoms with Crippen LogP contribution in [0.5, 0.6) is 5.75 Å². The number of hydrogen-bond acceptors (Lipinski definition) is 5. The number of rotatable bonds is 5. The molecular weight excluding hydrogens is 330 g/mol. The van der Waals surface area contributed by atoms with Crippen LogP contribution in [0.25, 0.3) is 11.0 Å². The predicted molar refractivity (Wildman–Crippen MR) is 98.0 cm³/mol. The number of nitrogens with one attached hydrogen (secondary N) is 1. The Morgan fingerprint density at radius 2 is 1.85 bits per heavy atom. The third kappa shape index (κ3) is 3.25. The molecule has 5 nitrogen and oxygen atoms in total. The van der Waals surface area contributed by atoms with E-state index in [4.69, 9.17) is 8.83 Å². The molecule has 1 atom stereocenters. The molecule has 4 rings (SSSR count). The van der Waals surface area contributed by atoms with Gasteiger partial charge in [0.2, 0.25) is 0 Å². The molecule has 0 saturated heterocycles. The summed E-state index contributed by atoms with van der Waals surface area (Å²) in [5.74, 6) is 0.852. The average molecular weight is 347 g/mol. The number of benzene rings is 2. The molecule has 0 spiro atoms. The predicted octanol–water partition coefficient (Wildman–Crippen LogP) is 3.97. The highest BCUT2D eigenvalue weighted by Gasteiger charge is 2.17. The number of phenolic OH excluding ortho intramolecular Hbond substituents is 1. The normalized spacial score (nSPS) is 12.3. The molecule has 0 aliphatic carbocycles. The largest absolute Gasteiger partial charge is 0.508 e. The van der Waals surface area contributed by atoms with Gasteiger partial charge in [-0.15, -0.1) is 0 Å². The van der Waals surface area contributed by atoms with Gasteiger partial charge in [-0.25, -0.2) is 4.79 Å². The standard InChI is InChI=1S/C21H17NO4/c23-16-8-9-17-15(11-20(24)26-19(17)12-16)13-22-21(18-7-4-10-25-18)14-5-2-1-3-6-14/h1-12,21-23H,13H2/t21-/m1/s1. The lowest BCUT2D eigenvalue weighted by molar-refractivity contribution is 0.445. The second-order valence-electron chi connectivity index (χ2n) is 6.01. The highest BCUT2D eigenvalue weighted by molar-refractivity contribution is 5.81. The van der Waals surface area contributed by atoms with Gasteiger partial charge in [0.05, 0.1) is 12.3 Å². The Hall–Kier alpha value is -3.31. The van der Waals surface area contributed by atoms with E-state index in [-0.39, 0.29) is 11.8 Å². The van der Waals surface area contributed by atoms with Crippen molar-refractivity contribution in [2.24, 2.45) is 0 Å². The fourth-order valence-corrected chi connectivity index (χ4v) is 3.06. The van der Waals surface area contributed by atoms with Gasteiger partial charge in [0.25, 0.3) is 0 Å². The Labute approximate surface area is 149 Å². The minimum atomic E-state index is -0.450. The zero-order valence-electron chi connectivity index (χ0n) is 13.9. The molecular formula is C21H17NO4. The molecule has 0 aliphatic heterocycles. The summed E-state index contributed by atoms with van der Waals surface area (Å²) in [5, 5.41) is 13.8. The van der Waals surface area contributed by atoms with E-state index in [1.54, 1.807) is 18.4 Å². The summed E-state index contributed by atoms with van der Waals surface area (Å²) in [5.41, 5.74) is 1.77. The number of aromatic hydroxyl groups is 1. The molecule has 2 heterocycles. The Morgan fingerprint density at radius 1 is 1.00 bits per heavy atom. The van der Waals surface area contributed by atoms with Crippen molar-refractivity contribution in [2.75, 3.05) is 0 Å². The molecule has 4 aromatic rings. The Balaban J connectivity index is 1.68. The van der Waals surface area contributed by atoms with Crippen molar-refractivity contribution in [3.63, 3.8) is 0 Å². The van der Waals surface area contributed by atoms with Crippen LogP contribution in [-0.2, 0) is 6.54 Å². The van der Waals surface area contributed by atoms with Gasteiger partial charge in [0.15, 0.2) is 0 Å². The first kappa shape index (κ1) is 16.2. The van der Waals surface area contributed by atoms with Crippen LogP contribution < -0.4 is 10.9 Å². The van der Waals surface area contributed by atoms with Gasteiger partial charge in [0, 0.05) is 24.1 Å². The van der Waals surface area contributed by atoms with Gasteiger partial charge >= 0.3 is 5.63 Å². The molecule has 0 amide bonds. The summed E-state index contributed by atoms with van der Waals surface area (Å²) in [7, 11) is 0. The van der Waals surface area contributed by atoms with Crippen molar-refractivity contribution in [1.29, 1.82) is 0 Å². The van der Waals surface area contributed by atoms with Gasteiger partial charge in [-0.1, -0.05) is 30.3 Å². The first-order valence-corrected chi connectivity index (χ1v) is 8.28. The monoisotopic (exact) mass is 347 g/mol. The molecule has 0 bridgehead atoms. The van der Waals surface area contributed by atoms with Crippen molar-refractivity contribution in [3.05, 3.63) is 100 Å². The van der Waals surface area contributed by atoms with E-state index in [0.717, 1.165) is 22.3 Å². The van der Waals surface area contributed by atoms with E-state index in [2.05, 4.69) is 5.32 Å². The molecule has 130 valence electrons. The fourth-order valence-electron chi connectivity index (χ4n) is 3.06. The van der Waals surface area contributed by atoms with Crippen LogP contribution in [0.4, 0.5) is 0 Å². The molecule has 0 unspecified atom stereocenters. The van der Waals surface area contributed by atoms with Gasteiger partial charge in [-0.2, -0.15) is 0 Å². The summed E-state index contributed by atoms with van der Waals surface area (Å²) < 4.78 is 10.8. The number of phenols is 1. The lowest BCUT2D eigenvalue weighted by Crippen LogP contribution is -2.22. The van der Waals surface area contributed by atoms with E-state index in [1.165, 1.54) is 12.1 Å². The van der Waals surface area contributed by atoms with Crippen molar-refractivity contribution < 1.29 is 13.9 Å². The number of fused-ring (bicyclic) bond motifs is 1. The van der Waals surface area contributed by atoms with Gasteiger partial charge in [-0.05, 0) is 35.4 Å². The van der Waals surface area contributed by atoms with Crippen LogP contribution in [0.1, 0.15) is 22.9 Å². The van der Waals surface area contributed by atoms with E-state index in [0.29, 0.717) is 12.1 Å². The van der Waals surface area contributed by atoms with E-state index >= 15 is 0 Å². The molecule has 5 heteroatoms. The van der Waals surface area contributed by atoms with E-state index < -0.39 is 5.63 Å². The maximum Gasteiger partial charge on any atom is 0.336 e. The molecule has 2 N–H and O–H groups in total. The Kier molecular flexibility index (Phi) is 4.29. The average Bonchev–Trinajstić information content (AvgIpc) is 3.16. The van der Waals surface area contributed by atoms with E-state index in [9.17, 15) is 9.90 Å². The lowest BCUT2D eigenvalue weighted by Gasteiger charge is -2.17. The minimum Gasteiger partial charge on any atom is -0.508 e. The van der Waals surface area contributed by atoms with E-state index in [1.807, 2.05) is 42.5 Å². The summed E-state index contributed by atoms with van der Waals surface area (Å²) in [6.07, 6.45) is 1.64. The van der Waals surface area contributed by atoms with Gasteiger partial charge in [-0.3, -0.25) is 5.32 Å². The quantitative estimate of drug-likeness (QED) is 0.534. The third-order valence-electron chi connectivity index (χ3n) is 4.27. The van der Waals surface area contributed by atoms with Crippen molar-refractivity contribution in [1.82, 2.24) is 5.32 Å². The van der Waals surface area contributed by atoms with Crippen LogP contribution in [0.2, 0.25) is 0 Å². The zero-order valence-corrected chi connectivity index (χ0v) is 13.9. The Bertz CT molecular complexity index is 1070. The zero-order chi connectivity index (χ0) is 17.9. The van der Waals surface area contributed by atoms with Gasteiger partial charge in [0.1, 0.15) is 17.1 Å². The summed E-state index contributed by atoms with van der Waals surface area (Å²) in [6, 6.07) is 19.8. The molecule has 0 radical (unpaired) electrons. The molecule has 0 saturated carbocycles. The highest BCUT2D eigenvalue weighted by Crippen LogP contribution is 2.25. The smallest absolute Gasteiger partial charge is 0.336 e. The van der Waals surface area contributed by atoms with Crippen molar-refractivity contribution in [3.8, 4) is 5.75 Å². The lowest BCUT2D eigenvalue weighted by atomic mass is 10.0. The van der Waals surface area contributed by atoms with Crippen LogP contribution >= 0.6 is 0 Å². The summed E-state index contributed by atoms with van der Waals surface area (Å²) in [4.78, 5) is 11.9. The topological polar surface area (TPSA) is 75.6 Å². The van der Waals surface area contributed by atoms with Crippen LogP contribution in [0.3, 0.4) is 0 Å². The third-order valence-corrected chi connectivity index (χ3v) is 4.27. The molecule has 2 aromatic heterocycles. The Morgan fingerprint density at radius 3 is 2.62 bits per heavy atom. The fraction of sp³-hybridized carbons (Fsp3) is 0.0952. The minimum absolute atomic E-state index is 0.0588. The second kappa shape index (κ2) is 6.90. The maximum atomic E-state index is 11.9. The molecule has 26 heavy (non-hydrogen) atoms. The van der Waals surface area contributed by atoms with Crippen LogP contribution in [0, 0.1) is 0 Å². The van der Waals surface area contributed by atoms with Crippen molar-refractivity contribution >= 4 is 11.0 Å². The SMILES string of the molecule is O=c1cc(CN[C@H](c2ccccc2)c2ccco2)c2ccc(O)cc2o1. The first-order valence-electron chi connectivity index (χ1n) is 8.28. The number of furan rings is 1. The van der Waals surface area contributed by atoms with Crippen LogP contribution in [-0.4, -0.2) is 5.11 Å².